The second-order valence-electron chi connectivity index (χ2n) is 5.42. The van der Waals surface area contributed by atoms with Crippen LogP contribution in [-0.4, -0.2) is 33.1 Å². The molecule has 1 aromatic heterocycles. The zero-order valence-corrected chi connectivity index (χ0v) is 11.0. The molecule has 17 heavy (non-hydrogen) atoms. The molecule has 1 heterocycles. The highest BCUT2D eigenvalue weighted by Gasteiger charge is 2.27. The largest absolute Gasteiger partial charge is 0.388 e. The van der Waals surface area contributed by atoms with Gasteiger partial charge in [0, 0.05) is 31.2 Å². The molecular formula is C13H23N3O. The summed E-state index contributed by atoms with van der Waals surface area (Å²) in [6, 6.07) is 2.70. The van der Waals surface area contributed by atoms with Gasteiger partial charge in [-0.2, -0.15) is 5.10 Å². The first-order valence-corrected chi connectivity index (χ1v) is 6.49. The molecule has 0 saturated heterocycles. The maximum Gasteiger partial charge on any atom is 0.0798 e. The fraction of sp³-hybridized carbons (Fsp3) is 0.769. The predicted molar refractivity (Wildman–Crippen MR) is 68.0 cm³/mol. The van der Waals surface area contributed by atoms with E-state index in [1.807, 2.05) is 18.5 Å². The lowest BCUT2D eigenvalue weighted by atomic mass is 10.00. The Morgan fingerprint density at radius 3 is 2.88 bits per heavy atom. The lowest BCUT2D eigenvalue weighted by Gasteiger charge is -2.24. The molecule has 1 aromatic rings. The summed E-state index contributed by atoms with van der Waals surface area (Å²) in [5.41, 5.74) is 1.45. The molecule has 0 aliphatic heterocycles. The van der Waals surface area contributed by atoms with E-state index < -0.39 is 5.60 Å². The summed E-state index contributed by atoms with van der Waals surface area (Å²) in [6.45, 7) is 7.48. The van der Waals surface area contributed by atoms with Crippen LogP contribution in [0.2, 0.25) is 0 Å². The third-order valence-corrected chi connectivity index (χ3v) is 3.20. The molecule has 1 fully saturated rings. The van der Waals surface area contributed by atoms with Crippen molar-refractivity contribution in [2.24, 2.45) is 0 Å². The number of rotatable bonds is 6. The van der Waals surface area contributed by atoms with E-state index in [9.17, 15) is 5.11 Å². The minimum Gasteiger partial charge on any atom is -0.388 e. The summed E-state index contributed by atoms with van der Waals surface area (Å²) in [4.78, 5) is 0. The molecule has 0 spiro atoms. The van der Waals surface area contributed by atoms with E-state index in [1.165, 1.54) is 12.8 Å². The topological polar surface area (TPSA) is 50.1 Å². The zero-order chi connectivity index (χ0) is 12.5. The Morgan fingerprint density at radius 2 is 2.29 bits per heavy atom. The molecule has 0 aromatic carbocycles. The van der Waals surface area contributed by atoms with Crippen LogP contribution >= 0.6 is 0 Å². The molecule has 1 aliphatic carbocycles. The molecule has 2 rings (SSSR count). The summed E-state index contributed by atoms with van der Waals surface area (Å²) < 4.78 is 1.97. The standard InChI is InChI=1S/C13H23N3O/c1-4-16-12(7-10(2)15-16)8-13(3,17)9-14-11-5-6-11/h7,11,14,17H,4-6,8-9H2,1-3H3. The fourth-order valence-electron chi connectivity index (χ4n) is 2.12. The number of aryl methyl sites for hydroxylation is 2. The minimum absolute atomic E-state index is 0.638. The number of nitrogens with zero attached hydrogens (tertiary/aromatic N) is 2. The Bertz CT molecular complexity index is 380. The van der Waals surface area contributed by atoms with Crippen molar-refractivity contribution in [3.63, 3.8) is 0 Å². The predicted octanol–water partition coefficient (Wildman–Crippen LogP) is 1.26. The highest BCUT2D eigenvalue weighted by Crippen LogP contribution is 2.20. The average molecular weight is 237 g/mol. The van der Waals surface area contributed by atoms with Crippen molar-refractivity contribution in [2.45, 2.75) is 58.2 Å². The van der Waals surface area contributed by atoms with Crippen LogP contribution in [0.3, 0.4) is 0 Å². The van der Waals surface area contributed by atoms with E-state index in [0.29, 0.717) is 19.0 Å². The lowest BCUT2D eigenvalue weighted by molar-refractivity contribution is 0.0576. The second-order valence-corrected chi connectivity index (χ2v) is 5.42. The van der Waals surface area contributed by atoms with Crippen LogP contribution in [0.4, 0.5) is 0 Å². The first kappa shape index (κ1) is 12.6. The van der Waals surface area contributed by atoms with E-state index in [4.69, 9.17) is 0 Å². The van der Waals surface area contributed by atoms with Gasteiger partial charge >= 0.3 is 0 Å². The van der Waals surface area contributed by atoms with Gasteiger partial charge < -0.3 is 10.4 Å². The second kappa shape index (κ2) is 4.78. The monoisotopic (exact) mass is 237 g/mol. The van der Waals surface area contributed by atoms with E-state index in [2.05, 4.69) is 23.4 Å². The molecule has 0 amide bonds. The van der Waals surface area contributed by atoms with Crippen molar-refractivity contribution >= 4 is 0 Å². The van der Waals surface area contributed by atoms with Crippen molar-refractivity contribution in [1.82, 2.24) is 15.1 Å². The average Bonchev–Trinajstić information content (AvgIpc) is 3.00. The van der Waals surface area contributed by atoms with Gasteiger partial charge in [-0.15, -0.1) is 0 Å². The van der Waals surface area contributed by atoms with Crippen molar-refractivity contribution in [3.8, 4) is 0 Å². The van der Waals surface area contributed by atoms with E-state index in [1.54, 1.807) is 0 Å². The third-order valence-electron chi connectivity index (χ3n) is 3.20. The van der Waals surface area contributed by atoms with E-state index >= 15 is 0 Å². The molecule has 2 N–H and O–H groups in total. The zero-order valence-electron chi connectivity index (χ0n) is 11.0. The molecule has 1 saturated carbocycles. The Labute approximate surface area is 103 Å². The van der Waals surface area contributed by atoms with Crippen LogP contribution in [0.5, 0.6) is 0 Å². The maximum absolute atomic E-state index is 10.4. The Kier molecular flexibility index (Phi) is 3.54. The van der Waals surface area contributed by atoms with E-state index in [0.717, 1.165) is 17.9 Å². The first-order chi connectivity index (χ1) is 8.00. The number of aromatic nitrogens is 2. The maximum atomic E-state index is 10.4. The molecule has 0 bridgehead atoms. The molecule has 4 nitrogen and oxygen atoms in total. The molecular weight excluding hydrogens is 214 g/mol. The van der Waals surface area contributed by atoms with Crippen molar-refractivity contribution in [2.75, 3.05) is 6.54 Å². The molecule has 1 unspecified atom stereocenters. The normalized spacial score (nSPS) is 19.3. The summed E-state index contributed by atoms with van der Waals surface area (Å²) in [7, 11) is 0. The van der Waals surface area contributed by atoms with Crippen LogP contribution in [-0.2, 0) is 13.0 Å². The van der Waals surface area contributed by atoms with Gasteiger partial charge in [0.2, 0.25) is 0 Å². The van der Waals surface area contributed by atoms with Crippen LogP contribution in [0.25, 0.3) is 0 Å². The smallest absolute Gasteiger partial charge is 0.0798 e. The molecule has 4 heteroatoms. The van der Waals surface area contributed by atoms with Crippen LogP contribution < -0.4 is 5.32 Å². The highest BCUT2D eigenvalue weighted by atomic mass is 16.3. The van der Waals surface area contributed by atoms with Gasteiger partial charge in [0.15, 0.2) is 0 Å². The SMILES string of the molecule is CCn1nc(C)cc1CC(C)(O)CNC1CC1. The van der Waals surface area contributed by atoms with Crippen molar-refractivity contribution in [1.29, 1.82) is 0 Å². The van der Waals surface area contributed by atoms with Crippen LogP contribution in [0, 0.1) is 6.92 Å². The van der Waals surface area contributed by atoms with E-state index in [-0.39, 0.29) is 0 Å². The van der Waals surface area contributed by atoms with Crippen molar-refractivity contribution < 1.29 is 5.11 Å². The molecule has 1 aliphatic rings. The number of nitrogens with one attached hydrogen (secondary N) is 1. The highest BCUT2D eigenvalue weighted by molar-refractivity contribution is 5.11. The summed E-state index contributed by atoms with van der Waals surface area (Å²) in [5, 5.41) is 18.2. The number of aliphatic hydroxyl groups is 1. The van der Waals surface area contributed by atoms with Crippen LogP contribution in [0.1, 0.15) is 38.1 Å². The first-order valence-electron chi connectivity index (χ1n) is 6.49. The summed E-state index contributed by atoms with van der Waals surface area (Å²) >= 11 is 0. The van der Waals surface area contributed by atoms with Crippen LogP contribution in [0.15, 0.2) is 6.07 Å². The Morgan fingerprint density at radius 1 is 1.59 bits per heavy atom. The number of hydrogen-bond donors (Lipinski definition) is 2. The Balaban J connectivity index is 1.96. The van der Waals surface area contributed by atoms with Gasteiger partial charge in [-0.3, -0.25) is 4.68 Å². The Hall–Kier alpha value is -0.870. The minimum atomic E-state index is -0.692. The van der Waals surface area contributed by atoms with Gasteiger partial charge in [-0.25, -0.2) is 0 Å². The van der Waals surface area contributed by atoms with Gasteiger partial charge in [0.1, 0.15) is 0 Å². The summed E-state index contributed by atoms with van der Waals surface area (Å²) in [6.07, 6.45) is 3.16. The fourth-order valence-corrected chi connectivity index (χ4v) is 2.12. The van der Waals surface area contributed by atoms with Gasteiger partial charge in [0.05, 0.1) is 11.3 Å². The molecule has 1 atom stereocenters. The number of hydrogen-bond acceptors (Lipinski definition) is 3. The quantitative estimate of drug-likeness (QED) is 0.783. The lowest BCUT2D eigenvalue weighted by Crippen LogP contribution is -2.41. The summed E-state index contributed by atoms with van der Waals surface area (Å²) in [5.74, 6) is 0. The third kappa shape index (κ3) is 3.54. The van der Waals surface area contributed by atoms with Gasteiger partial charge in [-0.05, 0) is 39.7 Å². The van der Waals surface area contributed by atoms with Gasteiger partial charge in [0.25, 0.3) is 0 Å². The molecule has 0 radical (unpaired) electrons. The van der Waals surface area contributed by atoms with Gasteiger partial charge in [-0.1, -0.05) is 0 Å². The van der Waals surface area contributed by atoms with Crippen molar-refractivity contribution in [3.05, 3.63) is 17.5 Å². The molecule has 96 valence electrons.